The third-order valence-electron chi connectivity index (χ3n) is 4.40. The smallest absolute Gasteiger partial charge is 0.191 e. The van der Waals surface area contributed by atoms with Crippen molar-refractivity contribution in [2.45, 2.75) is 25.6 Å². The number of aliphatic imine (C=N–C) groups is 1. The van der Waals surface area contributed by atoms with E-state index in [9.17, 15) is 8.42 Å². The number of hydrogen-bond donors (Lipinski definition) is 2. The minimum absolute atomic E-state index is 0.0687. The van der Waals surface area contributed by atoms with Crippen molar-refractivity contribution in [1.29, 1.82) is 0 Å². The maximum absolute atomic E-state index is 12.3. The van der Waals surface area contributed by atoms with Crippen molar-refractivity contribution in [1.82, 2.24) is 10.6 Å². The highest BCUT2D eigenvalue weighted by Crippen LogP contribution is 2.25. The van der Waals surface area contributed by atoms with Crippen LogP contribution in [0, 0.1) is 0 Å². The Balaban J connectivity index is 1.88. The van der Waals surface area contributed by atoms with E-state index >= 15 is 0 Å². The van der Waals surface area contributed by atoms with Crippen LogP contribution in [0.3, 0.4) is 0 Å². The van der Waals surface area contributed by atoms with Crippen molar-refractivity contribution >= 4 is 15.8 Å². The molecule has 0 aliphatic carbocycles. The van der Waals surface area contributed by atoms with Crippen molar-refractivity contribution in [3.63, 3.8) is 0 Å². The fourth-order valence-corrected chi connectivity index (χ4v) is 4.32. The molecule has 0 saturated carbocycles. The standard InChI is InChI=1S/C22H31N3O4S/c1-4-23-22(25-16-19-11-12-20(28-2)15-21(19)29-3)24-13-8-14-30(26,27)17-18-9-6-5-7-10-18/h5-7,9-12,15H,4,8,13-14,16-17H2,1-3H3,(H2,23,24,25). The highest BCUT2D eigenvalue weighted by Gasteiger charge is 2.12. The zero-order valence-electron chi connectivity index (χ0n) is 17.8. The van der Waals surface area contributed by atoms with Crippen LogP contribution in [-0.2, 0) is 22.1 Å². The Morgan fingerprint density at radius 2 is 1.80 bits per heavy atom. The van der Waals surface area contributed by atoms with Gasteiger partial charge in [-0.25, -0.2) is 13.4 Å². The van der Waals surface area contributed by atoms with Crippen molar-refractivity contribution in [2.24, 2.45) is 4.99 Å². The lowest BCUT2D eigenvalue weighted by atomic mass is 10.2. The molecule has 164 valence electrons. The number of methoxy groups -OCH3 is 2. The lowest BCUT2D eigenvalue weighted by Crippen LogP contribution is -2.38. The monoisotopic (exact) mass is 433 g/mol. The molecule has 2 aromatic carbocycles. The van der Waals surface area contributed by atoms with Gasteiger partial charge in [0.05, 0.1) is 32.3 Å². The molecule has 2 aromatic rings. The molecule has 0 atom stereocenters. The highest BCUT2D eigenvalue weighted by molar-refractivity contribution is 7.90. The second-order valence-corrected chi connectivity index (χ2v) is 8.91. The van der Waals surface area contributed by atoms with Crippen LogP contribution in [0.5, 0.6) is 11.5 Å². The summed E-state index contributed by atoms with van der Waals surface area (Å²) in [5.74, 6) is 2.26. The Hall–Kier alpha value is -2.74. The average Bonchev–Trinajstić information content (AvgIpc) is 2.75. The van der Waals surface area contributed by atoms with E-state index in [0.29, 0.717) is 37.8 Å². The molecule has 2 N–H and O–H groups in total. The Bertz CT molecular complexity index is 915. The molecule has 0 bridgehead atoms. The Morgan fingerprint density at radius 3 is 2.47 bits per heavy atom. The van der Waals surface area contributed by atoms with Gasteiger partial charge in [-0.15, -0.1) is 0 Å². The van der Waals surface area contributed by atoms with Gasteiger partial charge in [-0.3, -0.25) is 0 Å². The number of guanidine groups is 1. The van der Waals surface area contributed by atoms with Crippen LogP contribution in [-0.4, -0.2) is 47.4 Å². The summed E-state index contributed by atoms with van der Waals surface area (Å²) in [6.07, 6.45) is 0.505. The molecular weight excluding hydrogens is 402 g/mol. The summed E-state index contributed by atoms with van der Waals surface area (Å²) in [6, 6.07) is 14.9. The number of nitrogens with one attached hydrogen (secondary N) is 2. The number of hydrogen-bond acceptors (Lipinski definition) is 5. The van der Waals surface area contributed by atoms with E-state index < -0.39 is 9.84 Å². The molecule has 0 radical (unpaired) electrons. The first-order valence-electron chi connectivity index (χ1n) is 9.95. The van der Waals surface area contributed by atoms with E-state index in [-0.39, 0.29) is 11.5 Å². The molecule has 0 heterocycles. The third kappa shape index (κ3) is 7.94. The van der Waals surface area contributed by atoms with Crippen LogP contribution in [0.15, 0.2) is 53.5 Å². The van der Waals surface area contributed by atoms with Crippen LogP contribution in [0.4, 0.5) is 0 Å². The predicted octanol–water partition coefficient (Wildman–Crippen LogP) is 2.76. The van der Waals surface area contributed by atoms with Gasteiger partial charge in [0.25, 0.3) is 0 Å². The maximum atomic E-state index is 12.3. The largest absolute Gasteiger partial charge is 0.497 e. The second kappa shape index (κ2) is 12.1. The number of rotatable bonds is 11. The summed E-state index contributed by atoms with van der Waals surface area (Å²) >= 11 is 0. The number of sulfone groups is 1. The normalized spacial score (nSPS) is 11.8. The van der Waals surface area contributed by atoms with E-state index in [4.69, 9.17) is 9.47 Å². The van der Waals surface area contributed by atoms with E-state index in [1.54, 1.807) is 14.2 Å². The minimum Gasteiger partial charge on any atom is -0.497 e. The fraction of sp³-hybridized carbons (Fsp3) is 0.409. The zero-order valence-corrected chi connectivity index (χ0v) is 18.7. The van der Waals surface area contributed by atoms with Crippen molar-refractivity contribution in [2.75, 3.05) is 33.1 Å². The number of ether oxygens (including phenoxy) is 2. The predicted molar refractivity (Wildman–Crippen MR) is 121 cm³/mol. The van der Waals surface area contributed by atoms with Gasteiger partial charge in [0, 0.05) is 24.7 Å². The average molecular weight is 434 g/mol. The van der Waals surface area contributed by atoms with Gasteiger partial charge in [-0.1, -0.05) is 30.3 Å². The van der Waals surface area contributed by atoms with Gasteiger partial charge in [-0.05, 0) is 31.0 Å². The van der Waals surface area contributed by atoms with Gasteiger partial charge in [0.1, 0.15) is 11.5 Å². The molecule has 8 heteroatoms. The zero-order chi connectivity index (χ0) is 21.8. The Morgan fingerprint density at radius 1 is 1.03 bits per heavy atom. The highest BCUT2D eigenvalue weighted by atomic mass is 32.2. The van der Waals surface area contributed by atoms with Crippen LogP contribution in [0.25, 0.3) is 0 Å². The first-order valence-corrected chi connectivity index (χ1v) is 11.8. The molecule has 0 aliphatic rings. The molecule has 0 spiro atoms. The van der Waals surface area contributed by atoms with Crippen LogP contribution < -0.4 is 20.1 Å². The molecule has 0 unspecified atom stereocenters. The molecular formula is C22H31N3O4S. The molecule has 30 heavy (non-hydrogen) atoms. The lowest BCUT2D eigenvalue weighted by Gasteiger charge is -2.13. The van der Waals surface area contributed by atoms with Crippen molar-refractivity contribution < 1.29 is 17.9 Å². The molecule has 0 aromatic heterocycles. The first kappa shape index (κ1) is 23.5. The van der Waals surface area contributed by atoms with Crippen molar-refractivity contribution in [3.8, 4) is 11.5 Å². The Labute approximate surface area is 179 Å². The lowest BCUT2D eigenvalue weighted by molar-refractivity contribution is 0.391. The van der Waals surface area contributed by atoms with Crippen LogP contribution >= 0.6 is 0 Å². The summed E-state index contributed by atoms with van der Waals surface area (Å²) in [5.41, 5.74) is 1.75. The summed E-state index contributed by atoms with van der Waals surface area (Å²) in [7, 11) is 0.0789. The number of benzene rings is 2. The summed E-state index contributed by atoms with van der Waals surface area (Å²) in [4.78, 5) is 4.57. The van der Waals surface area contributed by atoms with Crippen molar-refractivity contribution in [3.05, 3.63) is 59.7 Å². The molecule has 7 nitrogen and oxygen atoms in total. The van der Waals surface area contributed by atoms with E-state index in [1.807, 2.05) is 55.5 Å². The van der Waals surface area contributed by atoms with E-state index in [0.717, 1.165) is 16.9 Å². The van der Waals surface area contributed by atoms with Gasteiger partial charge < -0.3 is 20.1 Å². The van der Waals surface area contributed by atoms with Gasteiger partial charge in [0.15, 0.2) is 15.8 Å². The topological polar surface area (TPSA) is 89.0 Å². The molecule has 0 saturated heterocycles. The molecule has 0 amide bonds. The molecule has 2 rings (SSSR count). The molecule has 0 fully saturated rings. The second-order valence-electron chi connectivity index (χ2n) is 6.73. The number of nitrogens with zero attached hydrogens (tertiary/aromatic N) is 1. The quantitative estimate of drug-likeness (QED) is 0.322. The van der Waals surface area contributed by atoms with Crippen LogP contribution in [0.1, 0.15) is 24.5 Å². The maximum Gasteiger partial charge on any atom is 0.191 e. The SMILES string of the molecule is CCNC(=NCc1ccc(OC)cc1OC)NCCCS(=O)(=O)Cc1ccccc1. The third-order valence-corrected chi connectivity index (χ3v) is 6.08. The van der Waals surface area contributed by atoms with E-state index in [2.05, 4.69) is 15.6 Å². The minimum atomic E-state index is -3.14. The van der Waals surface area contributed by atoms with Gasteiger partial charge in [0.2, 0.25) is 0 Å². The van der Waals surface area contributed by atoms with Crippen LogP contribution in [0.2, 0.25) is 0 Å². The summed E-state index contributed by atoms with van der Waals surface area (Å²) < 4.78 is 35.2. The summed E-state index contributed by atoms with van der Waals surface area (Å²) in [5, 5.41) is 6.37. The van der Waals surface area contributed by atoms with Gasteiger partial charge in [-0.2, -0.15) is 0 Å². The first-order chi connectivity index (χ1) is 14.5. The molecule has 0 aliphatic heterocycles. The van der Waals surface area contributed by atoms with Gasteiger partial charge >= 0.3 is 0 Å². The fourth-order valence-electron chi connectivity index (χ4n) is 2.89. The van der Waals surface area contributed by atoms with E-state index in [1.165, 1.54) is 0 Å². The Kier molecular flexibility index (Phi) is 9.47. The summed E-state index contributed by atoms with van der Waals surface area (Å²) in [6.45, 7) is 3.63.